The molecule has 0 saturated carbocycles. The molecule has 0 amide bonds. The van der Waals surface area contributed by atoms with Gasteiger partial charge in [-0.2, -0.15) is 0 Å². The van der Waals surface area contributed by atoms with Crippen molar-refractivity contribution in [3.63, 3.8) is 0 Å². The van der Waals surface area contributed by atoms with Gasteiger partial charge in [0.15, 0.2) is 0 Å². The van der Waals surface area contributed by atoms with Gasteiger partial charge in [0, 0.05) is 0 Å². The van der Waals surface area contributed by atoms with E-state index in [-0.39, 0.29) is 5.97 Å². The average molecular weight is 266 g/mol. The van der Waals surface area contributed by atoms with Gasteiger partial charge < -0.3 is 4.74 Å². The van der Waals surface area contributed by atoms with E-state index in [4.69, 9.17) is 4.74 Å². The SMILES string of the molecule is CC(C)=CCCC(C)=CCCCOC(=O)C(C)(C)C. The third kappa shape index (κ3) is 10.5. The normalized spacial score (nSPS) is 12.2. The summed E-state index contributed by atoms with van der Waals surface area (Å²) in [5, 5.41) is 0. The highest BCUT2D eigenvalue weighted by Gasteiger charge is 2.22. The van der Waals surface area contributed by atoms with E-state index in [2.05, 4.69) is 32.9 Å². The van der Waals surface area contributed by atoms with Crippen molar-refractivity contribution in [1.82, 2.24) is 0 Å². The standard InChI is InChI=1S/C17H30O2/c1-14(2)10-9-12-15(3)11-7-8-13-19-16(18)17(4,5)6/h10-11H,7-9,12-13H2,1-6H3. The minimum absolute atomic E-state index is 0.114. The lowest BCUT2D eigenvalue weighted by molar-refractivity contribution is -0.153. The van der Waals surface area contributed by atoms with Gasteiger partial charge in [-0.25, -0.2) is 0 Å². The van der Waals surface area contributed by atoms with Crippen molar-refractivity contribution in [3.8, 4) is 0 Å². The maximum atomic E-state index is 11.5. The van der Waals surface area contributed by atoms with E-state index in [0.717, 1.165) is 25.7 Å². The Bertz CT molecular complexity index is 326. The molecule has 0 saturated heterocycles. The van der Waals surface area contributed by atoms with Gasteiger partial charge >= 0.3 is 5.97 Å². The second kappa shape index (κ2) is 8.95. The fourth-order valence-corrected chi connectivity index (χ4v) is 1.50. The summed E-state index contributed by atoms with van der Waals surface area (Å²) in [7, 11) is 0. The monoisotopic (exact) mass is 266 g/mol. The van der Waals surface area contributed by atoms with Crippen LogP contribution in [0.1, 0.15) is 67.2 Å². The van der Waals surface area contributed by atoms with Crippen LogP contribution in [-0.4, -0.2) is 12.6 Å². The first kappa shape index (κ1) is 17.9. The Morgan fingerprint density at radius 2 is 1.68 bits per heavy atom. The fourth-order valence-electron chi connectivity index (χ4n) is 1.50. The largest absolute Gasteiger partial charge is 0.465 e. The second-order valence-electron chi connectivity index (χ2n) is 6.40. The van der Waals surface area contributed by atoms with Gasteiger partial charge in [0.05, 0.1) is 12.0 Å². The maximum absolute atomic E-state index is 11.5. The molecule has 0 aromatic heterocycles. The molecule has 110 valence electrons. The molecule has 0 aromatic carbocycles. The van der Waals surface area contributed by atoms with E-state index >= 15 is 0 Å². The highest BCUT2D eigenvalue weighted by molar-refractivity contribution is 5.75. The maximum Gasteiger partial charge on any atom is 0.311 e. The molecule has 0 spiro atoms. The summed E-state index contributed by atoms with van der Waals surface area (Å²) in [4.78, 5) is 11.5. The lowest BCUT2D eigenvalue weighted by Gasteiger charge is -2.16. The predicted octanol–water partition coefficient (Wildman–Crippen LogP) is 5.05. The Morgan fingerprint density at radius 3 is 2.21 bits per heavy atom. The first-order valence-electron chi connectivity index (χ1n) is 7.19. The highest BCUT2D eigenvalue weighted by atomic mass is 16.5. The van der Waals surface area contributed by atoms with Crippen molar-refractivity contribution >= 4 is 5.97 Å². The Kier molecular flexibility index (Phi) is 8.46. The van der Waals surface area contributed by atoms with Crippen molar-refractivity contribution in [2.45, 2.75) is 67.2 Å². The minimum Gasteiger partial charge on any atom is -0.465 e. The zero-order chi connectivity index (χ0) is 14.9. The Balaban J connectivity index is 3.73. The number of allylic oxidation sites excluding steroid dienone is 4. The van der Waals surface area contributed by atoms with E-state index in [0.29, 0.717) is 6.61 Å². The van der Waals surface area contributed by atoms with E-state index < -0.39 is 5.41 Å². The van der Waals surface area contributed by atoms with Crippen molar-refractivity contribution in [2.75, 3.05) is 6.61 Å². The molecule has 0 aliphatic rings. The number of ether oxygens (including phenoxy) is 1. The molecule has 0 rings (SSSR count). The topological polar surface area (TPSA) is 26.3 Å². The molecule has 0 N–H and O–H groups in total. The van der Waals surface area contributed by atoms with Gasteiger partial charge in [-0.3, -0.25) is 4.79 Å². The summed E-state index contributed by atoms with van der Waals surface area (Å²) in [5.41, 5.74) is 2.40. The van der Waals surface area contributed by atoms with Crippen LogP contribution >= 0.6 is 0 Å². The number of carbonyl (C=O) groups excluding carboxylic acids is 1. The Labute approximate surface area is 118 Å². The molecule has 0 unspecified atom stereocenters. The summed E-state index contributed by atoms with van der Waals surface area (Å²) in [5.74, 6) is -0.114. The summed E-state index contributed by atoms with van der Waals surface area (Å²) >= 11 is 0. The molecule has 0 aliphatic heterocycles. The lowest BCUT2D eigenvalue weighted by atomic mass is 9.97. The fraction of sp³-hybridized carbons (Fsp3) is 0.706. The third-order valence-electron chi connectivity index (χ3n) is 2.78. The van der Waals surface area contributed by atoms with E-state index in [1.165, 1.54) is 11.1 Å². The van der Waals surface area contributed by atoms with Gasteiger partial charge in [-0.05, 0) is 67.2 Å². The van der Waals surface area contributed by atoms with E-state index in [9.17, 15) is 4.79 Å². The first-order valence-corrected chi connectivity index (χ1v) is 7.19. The number of hydrogen-bond acceptors (Lipinski definition) is 2. The Morgan fingerprint density at radius 1 is 1.05 bits per heavy atom. The molecule has 2 heteroatoms. The van der Waals surface area contributed by atoms with Gasteiger partial charge in [-0.15, -0.1) is 0 Å². The first-order chi connectivity index (χ1) is 8.73. The van der Waals surface area contributed by atoms with Gasteiger partial charge in [0.2, 0.25) is 0 Å². The van der Waals surface area contributed by atoms with Crippen LogP contribution in [0.15, 0.2) is 23.3 Å². The molecular formula is C17H30O2. The van der Waals surface area contributed by atoms with Gasteiger partial charge in [0.25, 0.3) is 0 Å². The smallest absolute Gasteiger partial charge is 0.311 e. The summed E-state index contributed by atoms with van der Waals surface area (Å²) in [6.45, 7) is 12.6. The summed E-state index contributed by atoms with van der Waals surface area (Å²) < 4.78 is 5.22. The number of hydrogen-bond donors (Lipinski definition) is 0. The predicted molar refractivity (Wildman–Crippen MR) is 82.1 cm³/mol. The molecular weight excluding hydrogens is 236 g/mol. The van der Waals surface area contributed by atoms with Crippen LogP contribution in [-0.2, 0) is 9.53 Å². The Hall–Kier alpha value is -1.05. The minimum atomic E-state index is -0.393. The quantitative estimate of drug-likeness (QED) is 0.366. The summed E-state index contributed by atoms with van der Waals surface area (Å²) in [6, 6.07) is 0. The van der Waals surface area contributed by atoms with Crippen LogP contribution < -0.4 is 0 Å². The van der Waals surface area contributed by atoms with Crippen molar-refractivity contribution < 1.29 is 9.53 Å². The van der Waals surface area contributed by atoms with Crippen LogP contribution in [0.5, 0.6) is 0 Å². The molecule has 0 aromatic rings. The van der Waals surface area contributed by atoms with Crippen LogP contribution in [0.2, 0.25) is 0 Å². The van der Waals surface area contributed by atoms with Crippen LogP contribution in [0.3, 0.4) is 0 Å². The molecule has 0 bridgehead atoms. The van der Waals surface area contributed by atoms with Crippen LogP contribution in [0.25, 0.3) is 0 Å². The number of unbranched alkanes of at least 4 members (excludes halogenated alkanes) is 1. The number of esters is 1. The zero-order valence-electron chi connectivity index (χ0n) is 13.5. The second-order valence-corrected chi connectivity index (χ2v) is 6.40. The molecule has 0 aliphatic carbocycles. The number of carbonyl (C=O) groups is 1. The van der Waals surface area contributed by atoms with Crippen LogP contribution in [0.4, 0.5) is 0 Å². The molecule has 0 radical (unpaired) electrons. The van der Waals surface area contributed by atoms with Crippen molar-refractivity contribution in [1.29, 1.82) is 0 Å². The van der Waals surface area contributed by atoms with Crippen LogP contribution in [0, 0.1) is 5.41 Å². The van der Waals surface area contributed by atoms with Crippen molar-refractivity contribution in [2.24, 2.45) is 5.41 Å². The van der Waals surface area contributed by atoms with E-state index in [1.807, 2.05) is 20.8 Å². The average Bonchev–Trinajstić information content (AvgIpc) is 2.26. The summed E-state index contributed by atoms with van der Waals surface area (Å²) in [6.07, 6.45) is 8.64. The van der Waals surface area contributed by atoms with Crippen molar-refractivity contribution in [3.05, 3.63) is 23.3 Å². The third-order valence-corrected chi connectivity index (χ3v) is 2.78. The molecule has 0 atom stereocenters. The zero-order valence-corrected chi connectivity index (χ0v) is 13.5. The number of rotatable bonds is 7. The molecule has 19 heavy (non-hydrogen) atoms. The van der Waals surface area contributed by atoms with Gasteiger partial charge in [-0.1, -0.05) is 23.3 Å². The highest BCUT2D eigenvalue weighted by Crippen LogP contribution is 2.15. The molecule has 0 fully saturated rings. The molecule has 2 nitrogen and oxygen atoms in total. The van der Waals surface area contributed by atoms with Gasteiger partial charge in [0.1, 0.15) is 0 Å². The molecule has 0 heterocycles. The van der Waals surface area contributed by atoms with E-state index in [1.54, 1.807) is 0 Å². The lowest BCUT2D eigenvalue weighted by Crippen LogP contribution is -2.23.